The number of nitrogens with one attached hydrogen (secondary N) is 3. The summed E-state index contributed by atoms with van der Waals surface area (Å²) in [5.41, 5.74) is 5.90. The second-order valence-electron chi connectivity index (χ2n) is 22.6. The molecule has 4 aliphatic rings. The third kappa shape index (κ3) is 18.0. The molecule has 1 saturated heterocycles. The molecule has 6 rings (SSSR count). The Hall–Kier alpha value is -7.57. The standard InChI is InChI=1S/C60H83ClN8O16/c1-36-17-16-20-48(80-10)60(78)33-47(84-56(75)65-60)37(2)42-32-59(42,4)49(31-52(72)69(8)45-29-40(27-36)30-46(79-9)53(45)61)85-54(73)38(3)68(7)51(71)23-26-81-57(76)66(5)24-25-67(6)58(77)82-35-39-21-22-43(44(28-39)63-34-50(62)70)64-55(74)83-41-18-14-12-11-13-15-19-41/h14,16-18,20-22,28-30,37-38,41-42,47-49,63,78H,11-13,15,19,23-27,31-35H2,1-10H3,(H2,62,70)(H,64,74)(H,65,75)/b18-14+,20-16+,36-17+/t37-,38-,41?,42-,47-,48+,49-,59?,60-/m0/s1. The van der Waals surface area contributed by atoms with E-state index in [0.29, 0.717) is 47.6 Å². The van der Waals surface area contributed by atoms with Crippen molar-refractivity contribution in [3.8, 4) is 5.75 Å². The Morgan fingerprint density at radius 1 is 0.965 bits per heavy atom. The number of aliphatic hydroxyl groups is 1. The van der Waals surface area contributed by atoms with Gasteiger partial charge in [-0.25, -0.2) is 24.0 Å². The molecule has 4 bridgehead atoms. The van der Waals surface area contributed by atoms with Crippen molar-refractivity contribution in [3.05, 3.63) is 82.4 Å². The number of amides is 7. The number of nitrogens with zero attached hydrogens (tertiary/aromatic N) is 4. The van der Waals surface area contributed by atoms with Gasteiger partial charge < -0.3 is 68.9 Å². The zero-order chi connectivity index (χ0) is 62.3. The third-order valence-corrected chi connectivity index (χ3v) is 16.7. The van der Waals surface area contributed by atoms with Gasteiger partial charge >= 0.3 is 30.3 Å². The highest BCUT2D eigenvalue weighted by Crippen LogP contribution is 2.61. The Balaban J connectivity index is 1.03. The molecule has 85 heavy (non-hydrogen) atoms. The molecule has 24 nitrogen and oxygen atoms in total. The van der Waals surface area contributed by atoms with Crippen LogP contribution in [0.3, 0.4) is 0 Å². The van der Waals surface area contributed by atoms with E-state index in [-0.39, 0.29) is 69.2 Å². The predicted octanol–water partition coefficient (Wildman–Crippen LogP) is 7.44. The number of likely N-dealkylation sites (N-methyl/N-ethyl adjacent to an activating group) is 3. The SMILES string of the molecule is COc1cc2cc(c1Cl)N(C)C(=O)C[C@H](OC(=O)[C@H](C)N(C)C(=O)CCOC(=O)N(C)CCN(C)C(=O)OCc1ccc(NC(=O)OC3/C=C/CCCCC3)c(NCC(N)=O)c1)C1(C)C[C@H]1[C@H](C)[C@@H]1C[C@@](O)(NC(=O)O1)[C@H](OC)/C=C/C=C(\C)C2. The van der Waals surface area contributed by atoms with Crippen molar-refractivity contribution in [3.63, 3.8) is 0 Å². The zero-order valence-electron chi connectivity index (χ0n) is 50.2. The quantitative estimate of drug-likeness (QED) is 0.0550. The van der Waals surface area contributed by atoms with Crippen LogP contribution in [0, 0.1) is 17.3 Å². The van der Waals surface area contributed by atoms with Crippen LogP contribution in [0.25, 0.3) is 0 Å². The van der Waals surface area contributed by atoms with Crippen LogP contribution in [0.4, 0.5) is 36.2 Å². The highest BCUT2D eigenvalue weighted by molar-refractivity contribution is 6.35. The maximum Gasteiger partial charge on any atom is 0.412 e. The number of anilines is 3. The molecule has 466 valence electrons. The topological polar surface area (TPSA) is 296 Å². The van der Waals surface area contributed by atoms with Crippen molar-refractivity contribution in [2.45, 2.75) is 135 Å². The number of methoxy groups -OCH3 is 2. The minimum Gasteiger partial charge on any atom is -0.495 e. The fourth-order valence-electron chi connectivity index (χ4n) is 10.6. The number of allylic oxidation sites excluding steroid dienone is 4. The van der Waals surface area contributed by atoms with Crippen LogP contribution < -0.4 is 31.3 Å². The van der Waals surface area contributed by atoms with E-state index in [1.807, 2.05) is 39.0 Å². The molecule has 2 aliphatic heterocycles. The van der Waals surface area contributed by atoms with Crippen LogP contribution in [0.2, 0.25) is 5.02 Å². The van der Waals surface area contributed by atoms with Gasteiger partial charge in [0.05, 0.1) is 43.6 Å². The van der Waals surface area contributed by atoms with Crippen LogP contribution in [0.15, 0.2) is 66.3 Å². The molecule has 2 aromatic carbocycles. The predicted molar refractivity (Wildman–Crippen MR) is 316 cm³/mol. The van der Waals surface area contributed by atoms with Crippen molar-refractivity contribution >= 4 is 76.7 Å². The minimum absolute atomic E-state index is 0.0233. The lowest BCUT2D eigenvalue weighted by atomic mass is 9.83. The maximum absolute atomic E-state index is 14.4. The number of halogens is 1. The first kappa shape index (κ1) is 66.6. The number of benzene rings is 2. The lowest BCUT2D eigenvalue weighted by Crippen LogP contribution is -2.63. The van der Waals surface area contributed by atoms with Crippen molar-refractivity contribution in [2.24, 2.45) is 23.0 Å². The number of rotatable bonds is 18. The van der Waals surface area contributed by atoms with Crippen molar-refractivity contribution in [2.75, 3.05) is 84.2 Å². The van der Waals surface area contributed by atoms with Crippen LogP contribution in [0.1, 0.15) is 96.6 Å². The molecule has 25 heteroatoms. The lowest BCUT2D eigenvalue weighted by Gasteiger charge is -2.42. The van der Waals surface area contributed by atoms with Gasteiger partial charge in [-0.05, 0) is 106 Å². The van der Waals surface area contributed by atoms with Crippen LogP contribution in [-0.4, -0.2) is 173 Å². The number of carbonyl (C=O) groups excluding carboxylic acids is 8. The van der Waals surface area contributed by atoms with Crippen LogP contribution in [-0.2, 0) is 60.6 Å². The average molecular weight is 1210 g/mol. The normalized spacial score (nSPS) is 25.8. The highest BCUT2D eigenvalue weighted by Gasteiger charge is 2.62. The second kappa shape index (κ2) is 30.0. The number of nitrogens with two attached hydrogens (primary N) is 1. The molecule has 0 radical (unpaired) electrons. The van der Waals surface area contributed by atoms with Gasteiger partial charge in [0, 0.05) is 60.2 Å². The van der Waals surface area contributed by atoms with Crippen LogP contribution in [0.5, 0.6) is 5.75 Å². The van der Waals surface area contributed by atoms with Crippen molar-refractivity contribution in [1.82, 2.24) is 20.0 Å². The molecule has 7 amide bonds. The van der Waals surface area contributed by atoms with E-state index < -0.39 is 89.5 Å². The summed E-state index contributed by atoms with van der Waals surface area (Å²) >= 11 is 6.85. The molecule has 0 spiro atoms. The van der Waals surface area contributed by atoms with E-state index >= 15 is 0 Å². The van der Waals surface area contributed by atoms with E-state index in [0.717, 1.165) is 41.7 Å². The molecule has 2 unspecified atom stereocenters. The smallest absolute Gasteiger partial charge is 0.412 e. The summed E-state index contributed by atoms with van der Waals surface area (Å²) in [6.45, 7) is 6.43. The number of carbonyl (C=O) groups is 8. The summed E-state index contributed by atoms with van der Waals surface area (Å²) < 4.78 is 39.9. The molecule has 0 aromatic heterocycles. The molecular formula is C60H83ClN8O16. The number of hydrogen-bond donors (Lipinski definition) is 5. The average Bonchev–Trinajstić information content (AvgIpc) is 1.68. The Labute approximate surface area is 501 Å². The van der Waals surface area contributed by atoms with E-state index in [1.165, 1.54) is 57.0 Å². The number of primary amides is 1. The van der Waals surface area contributed by atoms with Gasteiger partial charge in [-0.1, -0.05) is 67.8 Å². The van der Waals surface area contributed by atoms with Gasteiger partial charge in [0.15, 0.2) is 5.72 Å². The fourth-order valence-corrected chi connectivity index (χ4v) is 11.0. The first-order valence-electron chi connectivity index (χ1n) is 28.5. The Morgan fingerprint density at radius 2 is 1.68 bits per heavy atom. The Morgan fingerprint density at radius 3 is 2.38 bits per heavy atom. The summed E-state index contributed by atoms with van der Waals surface area (Å²) in [5, 5.41) is 20.2. The molecule has 2 aromatic rings. The van der Waals surface area contributed by atoms with Gasteiger partial charge in [0.25, 0.3) is 0 Å². The summed E-state index contributed by atoms with van der Waals surface area (Å²) in [6, 6.07) is 7.20. The van der Waals surface area contributed by atoms with E-state index in [4.69, 9.17) is 50.5 Å². The first-order valence-corrected chi connectivity index (χ1v) is 28.9. The lowest BCUT2D eigenvalue weighted by molar-refractivity contribution is -0.163. The molecule has 2 fully saturated rings. The largest absolute Gasteiger partial charge is 0.495 e. The molecule has 9 atom stereocenters. The molecule has 2 aliphatic carbocycles. The molecular weight excluding hydrogens is 1120 g/mol. The number of esters is 1. The summed E-state index contributed by atoms with van der Waals surface area (Å²) in [5.74, 6) is -2.78. The zero-order valence-corrected chi connectivity index (χ0v) is 51.0. The van der Waals surface area contributed by atoms with Gasteiger partial charge in [-0.3, -0.25) is 25.0 Å². The third-order valence-electron chi connectivity index (χ3n) is 16.3. The number of hydrogen-bond acceptors (Lipinski definition) is 17. The van der Waals surface area contributed by atoms with Crippen molar-refractivity contribution in [1.29, 1.82) is 0 Å². The van der Waals surface area contributed by atoms with Gasteiger partial charge in [0.2, 0.25) is 17.7 Å². The van der Waals surface area contributed by atoms with Gasteiger partial charge in [0.1, 0.15) is 54.4 Å². The summed E-state index contributed by atoms with van der Waals surface area (Å²) in [6.07, 6.45) is 7.84. The molecule has 2 heterocycles. The summed E-state index contributed by atoms with van der Waals surface area (Å²) in [4.78, 5) is 111. The number of alkyl carbamates (subject to hydrolysis) is 1. The number of ether oxygens (including phenoxy) is 7. The van der Waals surface area contributed by atoms with E-state index in [1.54, 1.807) is 49.5 Å². The number of fused-ring (bicyclic) bond motifs is 5. The Bertz CT molecular complexity index is 2870. The Kier molecular flexibility index (Phi) is 23.5. The maximum atomic E-state index is 14.4. The van der Waals surface area contributed by atoms with E-state index in [2.05, 4.69) is 16.0 Å². The summed E-state index contributed by atoms with van der Waals surface area (Å²) in [7, 11) is 8.80. The molecule has 6 N–H and O–H groups in total. The fraction of sp³-hybridized carbons (Fsp3) is 0.567. The highest BCUT2D eigenvalue weighted by atomic mass is 35.5. The van der Waals surface area contributed by atoms with Crippen LogP contribution >= 0.6 is 11.6 Å². The first-order chi connectivity index (χ1) is 40.3. The monoisotopic (exact) mass is 1210 g/mol. The van der Waals surface area contributed by atoms with Crippen molar-refractivity contribution < 1.29 is 76.6 Å². The van der Waals surface area contributed by atoms with Gasteiger partial charge in [-0.2, -0.15) is 0 Å². The van der Waals surface area contributed by atoms with Gasteiger partial charge in [-0.15, -0.1) is 0 Å². The molecule has 1 saturated carbocycles. The van der Waals surface area contributed by atoms with E-state index in [9.17, 15) is 43.5 Å². The minimum atomic E-state index is -1.85. The second-order valence-corrected chi connectivity index (χ2v) is 23.0.